The van der Waals surface area contributed by atoms with Gasteiger partial charge in [0.15, 0.2) is 12.1 Å². The van der Waals surface area contributed by atoms with Gasteiger partial charge in [0.1, 0.15) is 30.8 Å². The molecule has 3 rings (SSSR count). The van der Waals surface area contributed by atoms with Crippen LogP contribution in [0.5, 0.6) is 0 Å². The fourth-order valence-corrected chi connectivity index (χ4v) is 3.94. The summed E-state index contributed by atoms with van der Waals surface area (Å²) in [6, 6.07) is 0. The largest absolute Gasteiger partial charge is 0.394 e. The van der Waals surface area contributed by atoms with Crippen molar-refractivity contribution in [1.29, 1.82) is 0 Å². The van der Waals surface area contributed by atoms with Gasteiger partial charge in [-0.15, -0.1) is 11.8 Å². The molecule has 0 radical (unpaired) electrons. The third-order valence-electron chi connectivity index (χ3n) is 4.03. The van der Waals surface area contributed by atoms with Gasteiger partial charge in [-0.1, -0.05) is 6.92 Å². The van der Waals surface area contributed by atoms with Gasteiger partial charge < -0.3 is 25.8 Å². The molecule has 0 saturated carbocycles. The second-order valence-corrected chi connectivity index (χ2v) is 6.83. The summed E-state index contributed by atoms with van der Waals surface area (Å²) in [6.45, 7) is 1.86. The minimum atomic E-state index is -1.19. The zero-order chi connectivity index (χ0) is 16.6. The second-order valence-electron chi connectivity index (χ2n) is 5.54. The standard InChI is InChI=1S/C13H21N5O4S/c1-2-3-23-13-11(14)15-5-16-12(13)18(6-17-13)10-9(21)8(20)7(4-19)22-10/h6-10,19-21H,2-5H2,1H3,(H2,14,15)/t7-,8-,9-,10-,13?/m1/s1. The lowest BCUT2D eigenvalue weighted by atomic mass is 10.1. The molecule has 0 aliphatic carbocycles. The summed E-state index contributed by atoms with van der Waals surface area (Å²) < 4.78 is 5.57. The van der Waals surface area contributed by atoms with Crippen LogP contribution in [0.3, 0.4) is 0 Å². The number of aliphatic hydroxyl groups excluding tert-OH is 3. The Morgan fingerprint density at radius 3 is 2.87 bits per heavy atom. The quantitative estimate of drug-likeness (QED) is 0.469. The number of hydrogen-bond donors (Lipinski definition) is 4. The number of rotatable bonds is 5. The summed E-state index contributed by atoms with van der Waals surface area (Å²) >= 11 is 1.52. The molecule has 0 aromatic heterocycles. The number of amidine groups is 2. The molecule has 1 fully saturated rings. The van der Waals surface area contributed by atoms with Crippen molar-refractivity contribution in [3.63, 3.8) is 0 Å². The average Bonchev–Trinajstić information content (AvgIpc) is 3.06. The molecule has 3 aliphatic heterocycles. The van der Waals surface area contributed by atoms with Gasteiger partial charge in [-0.25, -0.2) is 15.0 Å². The molecule has 5 atom stereocenters. The first-order valence-electron chi connectivity index (χ1n) is 7.50. The lowest BCUT2D eigenvalue weighted by Gasteiger charge is -2.33. The topological polar surface area (TPSA) is 136 Å². The molecule has 0 aromatic rings. The Bertz CT molecular complexity index is 556. The van der Waals surface area contributed by atoms with Crippen molar-refractivity contribution in [2.45, 2.75) is 42.8 Å². The predicted octanol–water partition coefficient (Wildman–Crippen LogP) is -1.66. The van der Waals surface area contributed by atoms with Crippen molar-refractivity contribution < 1.29 is 20.1 Å². The van der Waals surface area contributed by atoms with Crippen LogP contribution in [0.4, 0.5) is 0 Å². The monoisotopic (exact) mass is 343 g/mol. The van der Waals surface area contributed by atoms with Crippen LogP contribution in [0.1, 0.15) is 13.3 Å². The number of nitrogens with two attached hydrogens (primary N) is 1. The molecule has 5 N–H and O–H groups in total. The number of fused-ring (bicyclic) bond motifs is 1. The summed E-state index contributed by atoms with van der Waals surface area (Å²) in [5.74, 6) is 1.72. The van der Waals surface area contributed by atoms with Crippen molar-refractivity contribution in [2.24, 2.45) is 20.7 Å². The van der Waals surface area contributed by atoms with E-state index in [1.165, 1.54) is 18.1 Å². The maximum absolute atomic E-state index is 10.2. The summed E-state index contributed by atoms with van der Waals surface area (Å²) in [5, 5.41) is 29.4. The number of aliphatic hydroxyl groups is 3. The molecule has 128 valence electrons. The molecule has 9 nitrogen and oxygen atoms in total. The highest BCUT2D eigenvalue weighted by molar-refractivity contribution is 8.02. The van der Waals surface area contributed by atoms with Gasteiger partial charge in [0.25, 0.3) is 0 Å². The maximum Gasteiger partial charge on any atom is 0.221 e. The van der Waals surface area contributed by atoms with Gasteiger partial charge >= 0.3 is 0 Å². The van der Waals surface area contributed by atoms with Gasteiger partial charge in [-0.2, -0.15) is 0 Å². The van der Waals surface area contributed by atoms with Crippen molar-refractivity contribution in [2.75, 3.05) is 19.0 Å². The third kappa shape index (κ3) is 2.54. The molecule has 3 aliphatic rings. The smallest absolute Gasteiger partial charge is 0.221 e. The molecule has 3 heterocycles. The van der Waals surface area contributed by atoms with Crippen LogP contribution in [0.2, 0.25) is 0 Å². The molecular weight excluding hydrogens is 322 g/mol. The van der Waals surface area contributed by atoms with Crippen LogP contribution >= 0.6 is 11.8 Å². The molecule has 0 amide bonds. The van der Waals surface area contributed by atoms with Gasteiger partial charge in [-0.3, -0.25) is 4.90 Å². The zero-order valence-electron chi connectivity index (χ0n) is 12.7. The van der Waals surface area contributed by atoms with Gasteiger partial charge in [0.2, 0.25) is 4.87 Å². The van der Waals surface area contributed by atoms with E-state index in [9.17, 15) is 15.3 Å². The van der Waals surface area contributed by atoms with Crippen LogP contribution in [0, 0.1) is 0 Å². The van der Waals surface area contributed by atoms with Crippen LogP contribution in [0.15, 0.2) is 15.0 Å². The summed E-state index contributed by atoms with van der Waals surface area (Å²) in [5.41, 5.74) is 6.09. The second kappa shape index (κ2) is 6.36. The lowest BCUT2D eigenvalue weighted by molar-refractivity contribution is -0.0510. The first-order chi connectivity index (χ1) is 11.0. The zero-order valence-corrected chi connectivity index (χ0v) is 13.6. The SMILES string of the molecule is CCCSC12N=CN([C@@H]3O[C@H](CO)[C@@H](O)[C@H]3O)C1=NCN=C2N. The molecule has 23 heavy (non-hydrogen) atoms. The van der Waals surface area contributed by atoms with E-state index in [1.807, 2.05) is 0 Å². The minimum absolute atomic E-state index is 0.185. The molecule has 1 unspecified atom stereocenters. The van der Waals surface area contributed by atoms with E-state index in [1.54, 1.807) is 4.90 Å². The summed E-state index contributed by atoms with van der Waals surface area (Å²) in [6.07, 6.45) is -1.64. The highest BCUT2D eigenvalue weighted by atomic mass is 32.2. The molecule has 0 aromatic carbocycles. The van der Waals surface area contributed by atoms with Gasteiger partial charge in [0.05, 0.1) is 12.9 Å². The van der Waals surface area contributed by atoms with Crippen LogP contribution in [0.25, 0.3) is 0 Å². The van der Waals surface area contributed by atoms with Crippen molar-refractivity contribution in [1.82, 2.24) is 4.90 Å². The number of aliphatic imine (C=N–C) groups is 3. The Labute approximate surface area is 138 Å². The lowest BCUT2D eigenvalue weighted by Crippen LogP contribution is -2.55. The number of thioether (sulfide) groups is 1. The Hall–Kier alpha value is -1.20. The minimum Gasteiger partial charge on any atom is -0.394 e. The molecule has 0 bridgehead atoms. The Morgan fingerprint density at radius 1 is 1.43 bits per heavy atom. The molecule has 1 saturated heterocycles. The van der Waals surface area contributed by atoms with Crippen LogP contribution in [-0.2, 0) is 4.74 Å². The highest BCUT2D eigenvalue weighted by Crippen LogP contribution is 2.38. The van der Waals surface area contributed by atoms with E-state index in [-0.39, 0.29) is 13.3 Å². The Kier molecular flexibility index (Phi) is 4.61. The fraction of sp³-hybridized carbons (Fsp3) is 0.769. The van der Waals surface area contributed by atoms with E-state index in [2.05, 4.69) is 21.9 Å². The van der Waals surface area contributed by atoms with Crippen molar-refractivity contribution in [3.05, 3.63) is 0 Å². The number of nitrogens with zero attached hydrogens (tertiary/aromatic N) is 4. The van der Waals surface area contributed by atoms with Crippen molar-refractivity contribution in [3.8, 4) is 0 Å². The highest BCUT2D eigenvalue weighted by Gasteiger charge is 2.54. The number of hydrogen-bond acceptors (Lipinski definition) is 10. The van der Waals surface area contributed by atoms with Gasteiger partial charge in [-0.05, 0) is 12.2 Å². The van der Waals surface area contributed by atoms with Crippen LogP contribution in [-0.4, -0.2) is 86.7 Å². The van der Waals surface area contributed by atoms with E-state index >= 15 is 0 Å². The van der Waals surface area contributed by atoms with Crippen LogP contribution < -0.4 is 5.73 Å². The summed E-state index contributed by atoms with van der Waals surface area (Å²) in [7, 11) is 0. The van der Waals surface area contributed by atoms with E-state index in [0.717, 1.165) is 12.2 Å². The fourth-order valence-electron chi connectivity index (χ4n) is 2.81. The summed E-state index contributed by atoms with van der Waals surface area (Å²) in [4.78, 5) is 13.7. The van der Waals surface area contributed by atoms with E-state index in [4.69, 9.17) is 10.5 Å². The normalized spacial score (nSPS) is 39.4. The first kappa shape index (κ1) is 16.7. The number of ether oxygens (including phenoxy) is 1. The maximum atomic E-state index is 10.2. The molecule has 0 spiro atoms. The van der Waals surface area contributed by atoms with Crippen molar-refractivity contribution >= 4 is 29.8 Å². The average molecular weight is 343 g/mol. The predicted molar refractivity (Wildman–Crippen MR) is 87.5 cm³/mol. The molecule has 10 heteroatoms. The first-order valence-corrected chi connectivity index (χ1v) is 8.49. The Balaban J connectivity index is 1.87. The third-order valence-corrected chi connectivity index (χ3v) is 5.55. The van der Waals surface area contributed by atoms with Gasteiger partial charge in [0, 0.05) is 0 Å². The van der Waals surface area contributed by atoms with E-state index < -0.39 is 29.4 Å². The Morgan fingerprint density at radius 2 is 2.22 bits per heavy atom. The molecular formula is C13H21N5O4S. The van der Waals surface area contributed by atoms with E-state index in [0.29, 0.717) is 11.7 Å².